The maximum absolute atomic E-state index is 12.0. The van der Waals surface area contributed by atoms with E-state index in [1.54, 1.807) is 11.3 Å². The summed E-state index contributed by atoms with van der Waals surface area (Å²) in [7, 11) is 3.83. The molecule has 1 heterocycles. The number of thioether (sulfide) groups is 1. The smallest absolute Gasteiger partial charge is 0.186 e. The summed E-state index contributed by atoms with van der Waals surface area (Å²) in [5.74, 6) is 2.14. The standard InChI is InChI=1S/C12H20N2OS2/c1-9-6-10(8-16-5-4-13)17-12(9)11(15)7-14(2)3/h6H,4-5,7-8,13H2,1-3H3. The lowest BCUT2D eigenvalue weighted by Gasteiger charge is -2.07. The van der Waals surface area contributed by atoms with Crippen molar-refractivity contribution in [2.75, 3.05) is 32.9 Å². The minimum absolute atomic E-state index is 0.215. The summed E-state index contributed by atoms with van der Waals surface area (Å²) < 4.78 is 0. The molecule has 0 saturated carbocycles. The van der Waals surface area contributed by atoms with E-state index >= 15 is 0 Å². The van der Waals surface area contributed by atoms with E-state index < -0.39 is 0 Å². The molecule has 1 rings (SSSR count). The second kappa shape index (κ2) is 7.16. The largest absolute Gasteiger partial charge is 0.330 e. The molecule has 0 spiro atoms. The van der Waals surface area contributed by atoms with Gasteiger partial charge in [-0.15, -0.1) is 11.3 Å². The normalized spacial score (nSPS) is 11.1. The molecule has 0 aliphatic rings. The average molecular weight is 272 g/mol. The van der Waals surface area contributed by atoms with Gasteiger partial charge in [0.05, 0.1) is 11.4 Å². The van der Waals surface area contributed by atoms with E-state index in [1.165, 1.54) is 4.88 Å². The lowest BCUT2D eigenvalue weighted by molar-refractivity contribution is 0.0961. The fourth-order valence-corrected chi connectivity index (χ4v) is 3.49. The number of likely N-dealkylation sites (N-methyl/N-ethyl adjacent to an activating group) is 1. The number of thiophene rings is 1. The quantitative estimate of drug-likeness (QED) is 0.609. The van der Waals surface area contributed by atoms with Gasteiger partial charge in [-0.3, -0.25) is 4.79 Å². The van der Waals surface area contributed by atoms with Gasteiger partial charge in [-0.25, -0.2) is 0 Å². The van der Waals surface area contributed by atoms with Crippen LogP contribution in [0.5, 0.6) is 0 Å². The van der Waals surface area contributed by atoms with Gasteiger partial charge in [-0.2, -0.15) is 11.8 Å². The first-order valence-corrected chi connectivity index (χ1v) is 7.56. The van der Waals surface area contributed by atoms with Gasteiger partial charge < -0.3 is 10.6 Å². The molecule has 1 aromatic heterocycles. The van der Waals surface area contributed by atoms with Crippen LogP contribution in [0.25, 0.3) is 0 Å². The molecular weight excluding hydrogens is 252 g/mol. The Bertz CT molecular complexity index is 375. The first kappa shape index (κ1) is 14.7. The molecule has 0 aliphatic heterocycles. The third kappa shape index (κ3) is 4.79. The van der Waals surface area contributed by atoms with Crippen LogP contribution in [0, 0.1) is 6.92 Å². The van der Waals surface area contributed by atoms with Crippen molar-refractivity contribution in [3.8, 4) is 0 Å². The van der Waals surface area contributed by atoms with Crippen molar-refractivity contribution in [1.29, 1.82) is 0 Å². The minimum Gasteiger partial charge on any atom is -0.330 e. The van der Waals surface area contributed by atoms with Gasteiger partial charge in [0.15, 0.2) is 5.78 Å². The zero-order valence-electron chi connectivity index (χ0n) is 10.7. The number of rotatable bonds is 7. The summed E-state index contributed by atoms with van der Waals surface area (Å²) in [4.78, 5) is 16.0. The van der Waals surface area contributed by atoms with Crippen molar-refractivity contribution in [3.05, 3.63) is 21.4 Å². The van der Waals surface area contributed by atoms with Crippen LogP contribution >= 0.6 is 23.1 Å². The molecular formula is C12H20N2OS2. The molecule has 5 heteroatoms. The number of ketones is 1. The van der Waals surface area contributed by atoms with E-state index in [1.807, 2.05) is 37.7 Å². The van der Waals surface area contributed by atoms with Crippen molar-refractivity contribution < 1.29 is 4.79 Å². The highest BCUT2D eigenvalue weighted by Crippen LogP contribution is 2.26. The molecule has 0 amide bonds. The van der Waals surface area contributed by atoms with E-state index in [2.05, 4.69) is 6.07 Å². The van der Waals surface area contributed by atoms with Crippen LogP contribution in [0.1, 0.15) is 20.1 Å². The molecule has 0 aliphatic carbocycles. The Hall–Kier alpha value is -0.360. The monoisotopic (exact) mass is 272 g/mol. The number of aryl methyl sites for hydroxylation is 1. The number of carbonyl (C=O) groups excluding carboxylic acids is 1. The van der Waals surface area contributed by atoms with Crippen LogP contribution in [0.2, 0.25) is 0 Å². The summed E-state index contributed by atoms with van der Waals surface area (Å²) >= 11 is 3.44. The predicted molar refractivity (Wildman–Crippen MR) is 77.2 cm³/mol. The highest BCUT2D eigenvalue weighted by molar-refractivity contribution is 7.98. The van der Waals surface area contributed by atoms with Crippen molar-refractivity contribution in [2.24, 2.45) is 5.73 Å². The predicted octanol–water partition coefficient (Wildman–Crippen LogP) is 1.99. The minimum atomic E-state index is 0.215. The molecule has 0 atom stereocenters. The first-order valence-electron chi connectivity index (χ1n) is 5.59. The molecule has 0 aromatic carbocycles. The van der Waals surface area contributed by atoms with Gasteiger partial charge in [0, 0.05) is 22.9 Å². The average Bonchev–Trinajstić information content (AvgIpc) is 2.59. The number of Topliss-reactive ketones (excluding diaryl/α,β-unsaturated/α-hetero) is 1. The number of hydrogen-bond donors (Lipinski definition) is 1. The van der Waals surface area contributed by atoms with Crippen LogP contribution in [-0.2, 0) is 5.75 Å². The number of nitrogens with zero attached hydrogens (tertiary/aromatic N) is 1. The van der Waals surface area contributed by atoms with E-state index in [-0.39, 0.29) is 5.78 Å². The third-order valence-electron chi connectivity index (χ3n) is 2.19. The molecule has 3 nitrogen and oxygen atoms in total. The Balaban J connectivity index is 2.64. The van der Waals surface area contributed by atoms with E-state index in [0.29, 0.717) is 13.1 Å². The lowest BCUT2D eigenvalue weighted by atomic mass is 10.2. The summed E-state index contributed by atoms with van der Waals surface area (Å²) in [6, 6.07) is 2.12. The fraction of sp³-hybridized carbons (Fsp3) is 0.583. The zero-order valence-corrected chi connectivity index (χ0v) is 12.3. The highest BCUT2D eigenvalue weighted by Gasteiger charge is 2.14. The maximum Gasteiger partial charge on any atom is 0.186 e. The Morgan fingerprint density at radius 1 is 1.53 bits per heavy atom. The number of nitrogens with two attached hydrogens (primary N) is 1. The van der Waals surface area contributed by atoms with Crippen LogP contribution < -0.4 is 5.73 Å². The van der Waals surface area contributed by atoms with Gasteiger partial charge >= 0.3 is 0 Å². The number of carbonyl (C=O) groups is 1. The third-order valence-corrected chi connectivity index (χ3v) is 4.69. The molecule has 0 unspecified atom stereocenters. The van der Waals surface area contributed by atoms with Gasteiger partial charge in [0.25, 0.3) is 0 Å². The molecule has 2 N–H and O–H groups in total. The van der Waals surface area contributed by atoms with Crippen LogP contribution in [0.15, 0.2) is 6.07 Å². The van der Waals surface area contributed by atoms with E-state index in [0.717, 1.165) is 21.9 Å². The van der Waals surface area contributed by atoms with Crippen molar-refractivity contribution in [1.82, 2.24) is 4.90 Å². The molecule has 0 radical (unpaired) electrons. The van der Waals surface area contributed by atoms with Crippen LogP contribution in [0.4, 0.5) is 0 Å². The molecule has 1 aromatic rings. The topological polar surface area (TPSA) is 46.3 Å². The van der Waals surface area contributed by atoms with Gasteiger partial charge in [0.1, 0.15) is 0 Å². The molecule has 0 bridgehead atoms. The van der Waals surface area contributed by atoms with E-state index in [4.69, 9.17) is 5.73 Å². The van der Waals surface area contributed by atoms with Crippen molar-refractivity contribution >= 4 is 28.9 Å². The zero-order chi connectivity index (χ0) is 12.8. The summed E-state index contributed by atoms with van der Waals surface area (Å²) in [5.41, 5.74) is 6.56. The maximum atomic E-state index is 12.0. The second-order valence-corrected chi connectivity index (χ2v) is 6.47. The summed E-state index contributed by atoms with van der Waals surface area (Å²) in [6.45, 7) is 3.20. The summed E-state index contributed by atoms with van der Waals surface area (Å²) in [5, 5.41) is 0. The Morgan fingerprint density at radius 3 is 2.82 bits per heavy atom. The highest BCUT2D eigenvalue weighted by atomic mass is 32.2. The fourth-order valence-electron chi connectivity index (χ4n) is 1.51. The molecule has 0 saturated heterocycles. The SMILES string of the molecule is Cc1cc(CSCCN)sc1C(=O)CN(C)C. The second-order valence-electron chi connectivity index (χ2n) is 4.23. The van der Waals surface area contributed by atoms with Gasteiger partial charge in [0.2, 0.25) is 0 Å². The van der Waals surface area contributed by atoms with Gasteiger partial charge in [-0.1, -0.05) is 0 Å². The molecule has 0 fully saturated rings. The molecule has 17 heavy (non-hydrogen) atoms. The van der Waals surface area contributed by atoms with Crippen LogP contribution in [0.3, 0.4) is 0 Å². The Kier molecular flexibility index (Phi) is 6.19. The van der Waals surface area contributed by atoms with Crippen LogP contribution in [-0.4, -0.2) is 43.6 Å². The Morgan fingerprint density at radius 2 is 2.24 bits per heavy atom. The van der Waals surface area contributed by atoms with Crippen molar-refractivity contribution in [2.45, 2.75) is 12.7 Å². The number of hydrogen-bond acceptors (Lipinski definition) is 5. The first-order chi connectivity index (χ1) is 8.04. The van der Waals surface area contributed by atoms with Gasteiger partial charge in [-0.05, 0) is 32.6 Å². The molecule has 96 valence electrons. The Labute approximate surface area is 111 Å². The lowest BCUT2D eigenvalue weighted by Crippen LogP contribution is -2.21. The van der Waals surface area contributed by atoms with Crippen molar-refractivity contribution in [3.63, 3.8) is 0 Å². The summed E-state index contributed by atoms with van der Waals surface area (Å²) in [6.07, 6.45) is 0. The van der Waals surface area contributed by atoms with E-state index in [9.17, 15) is 4.79 Å².